The third kappa shape index (κ3) is 3.98. The molecule has 1 fully saturated rings. The predicted octanol–water partition coefficient (Wildman–Crippen LogP) is 2.67. The Balaban J connectivity index is 1.49. The average molecular weight is 346 g/mol. The number of nitrogens with one attached hydrogen (secondary N) is 1. The minimum absolute atomic E-state index is 0.0318. The van der Waals surface area contributed by atoms with Gasteiger partial charge in [0.2, 0.25) is 0 Å². The largest absolute Gasteiger partial charge is 0.478 e. The van der Waals surface area contributed by atoms with E-state index >= 15 is 0 Å². The maximum Gasteiger partial charge on any atom is 0.335 e. The van der Waals surface area contributed by atoms with Crippen LogP contribution >= 0.6 is 11.3 Å². The topological polar surface area (TPSA) is 88.5 Å². The Morgan fingerprint density at radius 1 is 1.33 bits per heavy atom. The molecule has 0 bridgehead atoms. The van der Waals surface area contributed by atoms with E-state index in [1.165, 1.54) is 11.3 Å². The van der Waals surface area contributed by atoms with Crippen molar-refractivity contribution in [1.29, 1.82) is 0 Å². The Bertz CT molecular complexity index is 720. The van der Waals surface area contributed by atoms with Gasteiger partial charge in [0.1, 0.15) is 16.8 Å². The van der Waals surface area contributed by atoms with Gasteiger partial charge in [-0.15, -0.1) is 11.3 Å². The van der Waals surface area contributed by atoms with E-state index in [-0.39, 0.29) is 17.6 Å². The van der Waals surface area contributed by atoms with Crippen LogP contribution in [0.15, 0.2) is 29.6 Å². The molecule has 1 atom stereocenters. The number of nitrogens with zero attached hydrogens (tertiary/aromatic N) is 1. The van der Waals surface area contributed by atoms with Crippen molar-refractivity contribution in [2.24, 2.45) is 0 Å². The second-order valence-electron chi connectivity index (χ2n) is 5.58. The number of rotatable bonds is 6. The summed E-state index contributed by atoms with van der Waals surface area (Å²) in [6, 6.07) is 6.64. The lowest BCUT2D eigenvalue weighted by Gasteiger charge is -2.05. The summed E-state index contributed by atoms with van der Waals surface area (Å²) in [5.41, 5.74) is 1.65. The van der Waals surface area contributed by atoms with Crippen molar-refractivity contribution >= 4 is 23.2 Å². The van der Waals surface area contributed by atoms with Crippen LogP contribution in [0.4, 0.5) is 0 Å². The zero-order valence-electron chi connectivity index (χ0n) is 13.0. The second kappa shape index (κ2) is 7.55. The summed E-state index contributed by atoms with van der Waals surface area (Å²) in [5, 5.41) is 14.3. The first-order chi connectivity index (χ1) is 11.6. The van der Waals surface area contributed by atoms with Crippen molar-refractivity contribution in [3.8, 4) is 0 Å². The van der Waals surface area contributed by atoms with Crippen LogP contribution in [0.2, 0.25) is 0 Å². The fourth-order valence-corrected chi connectivity index (χ4v) is 3.42. The standard InChI is InChI=1S/C17H18N2O4S/c20-15(13-10-24-16(19-13)14-2-1-9-23-14)18-8-7-11-3-5-12(6-4-11)17(21)22/h3-6,10,14H,1-2,7-9H2,(H,18,20)(H,21,22). The maximum absolute atomic E-state index is 12.1. The summed E-state index contributed by atoms with van der Waals surface area (Å²) in [6.07, 6.45) is 2.66. The Kier molecular flexibility index (Phi) is 5.22. The molecular weight excluding hydrogens is 328 g/mol. The van der Waals surface area contributed by atoms with Gasteiger partial charge in [-0.2, -0.15) is 0 Å². The third-order valence-corrected chi connectivity index (χ3v) is 4.80. The highest BCUT2D eigenvalue weighted by Crippen LogP contribution is 2.30. The van der Waals surface area contributed by atoms with Crippen molar-refractivity contribution in [2.45, 2.75) is 25.4 Å². The minimum atomic E-state index is -0.944. The molecule has 24 heavy (non-hydrogen) atoms. The van der Waals surface area contributed by atoms with Gasteiger partial charge < -0.3 is 15.2 Å². The number of benzene rings is 1. The van der Waals surface area contributed by atoms with Gasteiger partial charge in [-0.1, -0.05) is 12.1 Å². The van der Waals surface area contributed by atoms with Gasteiger partial charge in [-0.3, -0.25) is 4.79 Å². The van der Waals surface area contributed by atoms with Crippen molar-refractivity contribution in [3.05, 3.63) is 51.5 Å². The van der Waals surface area contributed by atoms with E-state index < -0.39 is 5.97 Å². The van der Waals surface area contributed by atoms with Gasteiger partial charge in [-0.05, 0) is 37.0 Å². The van der Waals surface area contributed by atoms with Gasteiger partial charge in [-0.25, -0.2) is 9.78 Å². The number of carboxylic acids is 1. The molecule has 1 saturated heterocycles. The monoisotopic (exact) mass is 346 g/mol. The number of aromatic nitrogens is 1. The molecule has 0 aliphatic carbocycles. The molecule has 2 aromatic rings. The van der Waals surface area contributed by atoms with Gasteiger partial charge >= 0.3 is 5.97 Å². The van der Waals surface area contributed by atoms with E-state index in [0.717, 1.165) is 30.0 Å². The molecule has 0 spiro atoms. The Morgan fingerprint density at radius 2 is 2.12 bits per heavy atom. The summed E-state index contributed by atoms with van der Waals surface area (Å²) >= 11 is 1.46. The minimum Gasteiger partial charge on any atom is -0.478 e. The van der Waals surface area contributed by atoms with Crippen molar-refractivity contribution in [3.63, 3.8) is 0 Å². The quantitative estimate of drug-likeness (QED) is 0.839. The first kappa shape index (κ1) is 16.6. The fourth-order valence-electron chi connectivity index (χ4n) is 2.54. The van der Waals surface area contributed by atoms with Crippen molar-refractivity contribution in [2.75, 3.05) is 13.2 Å². The number of hydrogen-bond acceptors (Lipinski definition) is 5. The third-order valence-electron chi connectivity index (χ3n) is 3.86. The first-order valence-corrected chi connectivity index (χ1v) is 8.69. The maximum atomic E-state index is 12.1. The molecule has 3 rings (SSSR count). The van der Waals surface area contributed by atoms with Crippen molar-refractivity contribution < 1.29 is 19.4 Å². The predicted molar refractivity (Wildman–Crippen MR) is 89.5 cm³/mol. The van der Waals surface area contributed by atoms with Gasteiger partial charge in [0, 0.05) is 18.5 Å². The lowest BCUT2D eigenvalue weighted by molar-refractivity contribution is 0.0696. The summed E-state index contributed by atoms with van der Waals surface area (Å²) in [4.78, 5) is 27.3. The molecule has 1 aromatic heterocycles. The van der Waals surface area contributed by atoms with Crippen LogP contribution in [-0.4, -0.2) is 35.1 Å². The van der Waals surface area contributed by atoms with Gasteiger partial charge in [0.15, 0.2) is 0 Å². The van der Waals surface area contributed by atoms with Crippen LogP contribution in [0.3, 0.4) is 0 Å². The summed E-state index contributed by atoms with van der Waals surface area (Å²) in [6.45, 7) is 1.23. The number of aromatic carboxylic acids is 1. The lowest BCUT2D eigenvalue weighted by Crippen LogP contribution is -2.26. The smallest absolute Gasteiger partial charge is 0.335 e. The molecule has 7 heteroatoms. The number of amides is 1. The molecule has 2 N–H and O–H groups in total. The molecule has 1 aliphatic rings. The first-order valence-electron chi connectivity index (χ1n) is 7.81. The number of ether oxygens (including phenoxy) is 1. The molecule has 1 aromatic carbocycles. The Hall–Kier alpha value is -2.25. The second-order valence-corrected chi connectivity index (χ2v) is 6.47. The molecule has 2 heterocycles. The van der Waals surface area contributed by atoms with Gasteiger partial charge in [0.05, 0.1) is 5.56 Å². The Labute approximate surface area is 143 Å². The number of carbonyl (C=O) groups excluding carboxylic acids is 1. The molecule has 1 aliphatic heterocycles. The van der Waals surface area contributed by atoms with E-state index in [2.05, 4.69) is 10.3 Å². The highest BCUT2D eigenvalue weighted by molar-refractivity contribution is 7.09. The summed E-state index contributed by atoms with van der Waals surface area (Å²) < 4.78 is 5.57. The van der Waals surface area contributed by atoms with Crippen LogP contribution in [0, 0.1) is 0 Å². The van der Waals surface area contributed by atoms with Gasteiger partial charge in [0.25, 0.3) is 5.91 Å². The average Bonchev–Trinajstić information content (AvgIpc) is 3.26. The lowest BCUT2D eigenvalue weighted by atomic mass is 10.1. The van der Waals surface area contributed by atoms with E-state index in [4.69, 9.17) is 9.84 Å². The fraction of sp³-hybridized carbons (Fsp3) is 0.353. The molecule has 1 amide bonds. The van der Waals surface area contributed by atoms with Crippen LogP contribution in [0.25, 0.3) is 0 Å². The number of hydrogen-bond donors (Lipinski definition) is 2. The van der Waals surface area contributed by atoms with Crippen LogP contribution < -0.4 is 5.32 Å². The van der Waals surface area contributed by atoms with E-state index in [1.807, 2.05) is 0 Å². The SMILES string of the molecule is O=C(O)c1ccc(CCNC(=O)c2csc(C3CCCO3)n2)cc1. The van der Waals surface area contributed by atoms with E-state index in [1.54, 1.807) is 29.6 Å². The summed E-state index contributed by atoms with van der Waals surface area (Å²) in [5.74, 6) is -1.14. The molecule has 6 nitrogen and oxygen atoms in total. The van der Waals surface area contributed by atoms with Crippen LogP contribution in [0.5, 0.6) is 0 Å². The zero-order valence-corrected chi connectivity index (χ0v) is 13.8. The molecule has 126 valence electrons. The molecule has 0 saturated carbocycles. The molecular formula is C17H18N2O4S. The zero-order chi connectivity index (χ0) is 16.9. The van der Waals surface area contributed by atoms with E-state index in [0.29, 0.717) is 18.7 Å². The van der Waals surface area contributed by atoms with Crippen LogP contribution in [0.1, 0.15) is 50.4 Å². The number of carboxylic acid groups (broad SMARTS) is 1. The van der Waals surface area contributed by atoms with Crippen molar-refractivity contribution in [1.82, 2.24) is 10.3 Å². The normalized spacial score (nSPS) is 16.9. The molecule has 1 unspecified atom stereocenters. The van der Waals surface area contributed by atoms with E-state index in [9.17, 15) is 9.59 Å². The van der Waals surface area contributed by atoms with Crippen LogP contribution in [-0.2, 0) is 11.2 Å². The number of carbonyl (C=O) groups is 2. The Morgan fingerprint density at radius 3 is 2.79 bits per heavy atom. The summed E-state index contributed by atoms with van der Waals surface area (Å²) in [7, 11) is 0. The highest BCUT2D eigenvalue weighted by Gasteiger charge is 2.22. The number of thiazole rings is 1. The highest BCUT2D eigenvalue weighted by atomic mass is 32.1. The molecule has 0 radical (unpaired) electrons.